The molecule has 2 heterocycles. The summed E-state index contributed by atoms with van der Waals surface area (Å²) in [6.45, 7) is 0. The molecule has 0 aliphatic carbocycles. The lowest BCUT2D eigenvalue weighted by Gasteiger charge is -2.47. The van der Waals surface area contributed by atoms with E-state index in [1.54, 1.807) is 36.4 Å². The Morgan fingerprint density at radius 3 is 2.19 bits per heavy atom. The number of nitrogens with zero attached hydrogens (tertiary/aromatic N) is 2. The SMILES string of the molecule is COc1ccc(N2C(=O)C(c3ccc(Cl)cc3)C2c2ccc(Cl)cn2)cc1. The number of rotatable bonds is 4. The number of hydrogen-bond acceptors (Lipinski definition) is 3. The lowest BCUT2D eigenvalue weighted by atomic mass is 9.79. The molecule has 1 aromatic heterocycles. The van der Waals surface area contributed by atoms with Crippen molar-refractivity contribution in [2.45, 2.75) is 12.0 Å². The predicted octanol–water partition coefficient (Wildman–Crippen LogP) is 5.27. The molecule has 4 nitrogen and oxygen atoms in total. The number of ether oxygens (including phenoxy) is 1. The van der Waals surface area contributed by atoms with Gasteiger partial charge in [0.2, 0.25) is 5.91 Å². The Labute approximate surface area is 167 Å². The van der Waals surface area contributed by atoms with Crippen molar-refractivity contribution in [2.75, 3.05) is 12.0 Å². The Hall–Kier alpha value is -2.56. The molecule has 1 fully saturated rings. The van der Waals surface area contributed by atoms with Crippen molar-refractivity contribution in [3.63, 3.8) is 0 Å². The van der Waals surface area contributed by atoms with Crippen LogP contribution in [0.1, 0.15) is 23.2 Å². The van der Waals surface area contributed by atoms with Gasteiger partial charge in [0, 0.05) is 16.9 Å². The topological polar surface area (TPSA) is 42.4 Å². The molecule has 0 spiro atoms. The molecule has 4 rings (SSSR count). The van der Waals surface area contributed by atoms with E-state index in [2.05, 4.69) is 4.98 Å². The Morgan fingerprint density at radius 1 is 0.926 bits per heavy atom. The summed E-state index contributed by atoms with van der Waals surface area (Å²) >= 11 is 12.0. The molecule has 1 aliphatic heterocycles. The zero-order chi connectivity index (χ0) is 19.0. The van der Waals surface area contributed by atoms with Crippen LogP contribution in [0.15, 0.2) is 66.9 Å². The van der Waals surface area contributed by atoms with Crippen molar-refractivity contribution in [1.29, 1.82) is 0 Å². The van der Waals surface area contributed by atoms with Crippen LogP contribution in [0, 0.1) is 0 Å². The first-order valence-electron chi connectivity index (χ1n) is 8.42. The van der Waals surface area contributed by atoms with Crippen LogP contribution in [0.25, 0.3) is 0 Å². The highest BCUT2D eigenvalue weighted by molar-refractivity contribution is 6.30. The minimum absolute atomic E-state index is 0.0178. The second-order valence-electron chi connectivity index (χ2n) is 6.28. The molecule has 27 heavy (non-hydrogen) atoms. The quantitative estimate of drug-likeness (QED) is 0.562. The molecular formula is C21H16Cl2N2O2. The molecule has 2 unspecified atom stereocenters. The van der Waals surface area contributed by atoms with E-state index in [4.69, 9.17) is 27.9 Å². The molecule has 1 aliphatic rings. The number of amides is 1. The summed E-state index contributed by atoms with van der Waals surface area (Å²) in [5.41, 5.74) is 2.50. The third-order valence-corrected chi connectivity index (χ3v) is 5.21. The van der Waals surface area contributed by atoms with E-state index < -0.39 is 0 Å². The molecule has 136 valence electrons. The summed E-state index contributed by atoms with van der Waals surface area (Å²) in [5, 5.41) is 1.20. The number of methoxy groups -OCH3 is 1. The van der Waals surface area contributed by atoms with Crippen LogP contribution in [0.2, 0.25) is 10.0 Å². The van der Waals surface area contributed by atoms with Crippen LogP contribution in [-0.4, -0.2) is 18.0 Å². The molecule has 0 N–H and O–H groups in total. The van der Waals surface area contributed by atoms with Gasteiger partial charge in [0.15, 0.2) is 0 Å². The minimum atomic E-state index is -0.321. The van der Waals surface area contributed by atoms with E-state index in [1.165, 1.54) is 0 Å². The summed E-state index contributed by atoms with van der Waals surface area (Å²) in [6, 6.07) is 18.2. The number of carbonyl (C=O) groups excluding carboxylic acids is 1. The number of halogens is 2. The van der Waals surface area contributed by atoms with Crippen LogP contribution in [0.3, 0.4) is 0 Å². The van der Waals surface area contributed by atoms with Crippen molar-refractivity contribution in [1.82, 2.24) is 4.98 Å². The lowest BCUT2D eigenvalue weighted by Crippen LogP contribution is -2.54. The summed E-state index contributed by atoms with van der Waals surface area (Å²) in [4.78, 5) is 19.3. The molecular weight excluding hydrogens is 383 g/mol. The van der Waals surface area contributed by atoms with Crippen LogP contribution in [-0.2, 0) is 4.79 Å². The molecule has 1 amide bonds. The zero-order valence-corrected chi connectivity index (χ0v) is 16.0. The smallest absolute Gasteiger partial charge is 0.237 e. The number of β-lactam (4-membered cyclic amide) rings is 1. The van der Waals surface area contributed by atoms with Gasteiger partial charge in [-0.05, 0) is 54.1 Å². The monoisotopic (exact) mass is 398 g/mol. The van der Waals surface area contributed by atoms with Gasteiger partial charge in [-0.1, -0.05) is 35.3 Å². The van der Waals surface area contributed by atoms with Crippen molar-refractivity contribution < 1.29 is 9.53 Å². The number of aromatic nitrogens is 1. The Kier molecular flexibility index (Phi) is 4.77. The summed E-state index contributed by atoms with van der Waals surface area (Å²) in [5.74, 6) is 0.435. The first-order valence-corrected chi connectivity index (χ1v) is 9.18. The fourth-order valence-corrected chi connectivity index (χ4v) is 3.62. The average molecular weight is 399 g/mol. The molecule has 0 radical (unpaired) electrons. The average Bonchev–Trinajstić information content (AvgIpc) is 2.69. The molecule has 6 heteroatoms. The number of anilines is 1. The fourth-order valence-electron chi connectivity index (χ4n) is 3.38. The van der Waals surface area contributed by atoms with Crippen LogP contribution < -0.4 is 9.64 Å². The number of hydrogen-bond donors (Lipinski definition) is 0. The first kappa shape index (κ1) is 17.8. The molecule has 0 saturated carbocycles. The Bertz CT molecular complexity index is 957. The lowest BCUT2D eigenvalue weighted by molar-refractivity contribution is -0.126. The molecule has 1 saturated heterocycles. The summed E-state index contributed by atoms with van der Waals surface area (Å²) < 4.78 is 5.21. The third-order valence-electron chi connectivity index (χ3n) is 4.73. The van der Waals surface area contributed by atoms with Gasteiger partial charge in [-0.2, -0.15) is 0 Å². The zero-order valence-electron chi connectivity index (χ0n) is 14.5. The van der Waals surface area contributed by atoms with E-state index >= 15 is 0 Å². The van der Waals surface area contributed by atoms with Gasteiger partial charge < -0.3 is 9.64 Å². The number of benzene rings is 2. The van der Waals surface area contributed by atoms with Gasteiger partial charge >= 0.3 is 0 Å². The van der Waals surface area contributed by atoms with Crippen LogP contribution in [0.4, 0.5) is 5.69 Å². The van der Waals surface area contributed by atoms with Gasteiger partial charge in [-0.3, -0.25) is 9.78 Å². The highest BCUT2D eigenvalue weighted by atomic mass is 35.5. The van der Waals surface area contributed by atoms with Crippen molar-refractivity contribution in [2.24, 2.45) is 0 Å². The number of pyridine rings is 1. The van der Waals surface area contributed by atoms with Gasteiger partial charge in [0.25, 0.3) is 0 Å². The maximum atomic E-state index is 13.1. The number of carbonyl (C=O) groups is 1. The molecule has 3 aromatic rings. The van der Waals surface area contributed by atoms with Gasteiger partial charge in [0.1, 0.15) is 5.75 Å². The highest BCUT2D eigenvalue weighted by Crippen LogP contribution is 2.48. The van der Waals surface area contributed by atoms with Crippen LogP contribution >= 0.6 is 23.2 Å². The van der Waals surface area contributed by atoms with Crippen molar-refractivity contribution in [3.05, 3.63) is 88.2 Å². The van der Waals surface area contributed by atoms with Gasteiger partial charge in [-0.25, -0.2) is 0 Å². The highest BCUT2D eigenvalue weighted by Gasteiger charge is 2.50. The standard InChI is InChI=1S/C21H16Cl2N2O2/c1-27-17-9-7-16(8-10-17)25-20(18-11-6-15(23)12-24-18)19(21(25)26)13-2-4-14(22)5-3-13/h2-12,19-20H,1H3. The summed E-state index contributed by atoms with van der Waals surface area (Å²) in [7, 11) is 1.61. The largest absolute Gasteiger partial charge is 0.497 e. The maximum absolute atomic E-state index is 13.1. The normalized spacial score (nSPS) is 18.9. The Balaban J connectivity index is 1.74. The van der Waals surface area contributed by atoms with E-state index in [1.807, 2.05) is 42.5 Å². The second kappa shape index (κ2) is 7.22. The Morgan fingerprint density at radius 2 is 1.59 bits per heavy atom. The predicted molar refractivity (Wildman–Crippen MR) is 107 cm³/mol. The van der Waals surface area contributed by atoms with Crippen molar-refractivity contribution in [3.8, 4) is 5.75 Å². The molecule has 2 aromatic carbocycles. The van der Waals surface area contributed by atoms with Crippen molar-refractivity contribution >= 4 is 34.8 Å². The third kappa shape index (κ3) is 3.27. The van der Waals surface area contributed by atoms with E-state index in [0.29, 0.717) is 10.0 Å². The summed E-state index contributed by atoms with van der Waals surface area (Å²) in [6.07, 6.45) is 1.60. The fraction of sp³-hybridized carbons (Fsp3) is 0.143. The van der Waals surface area contributed by atoms with Gasteiger partial charge in [0.05, 0.1) is 29.8 Å². The second-order valence-corrected chi connectivity index (χ2v) is 7.15. The van der Waals surface area contributed by atoms with E-state index in [9.17, 15) is 4.79 Å². The van der Waals surface area contributed by atoms with Gasteiger partial charge in [-0.15, -0.1) is 0 Å². The van der Waals surface area contributed by atoms with E-state index in [-0.39, 0.29) is 17.9 Å². The maximum Gasteiger partial charge on any atom is 0.237 e. The van der Waals surface area contributed by atoms with E-state index in [0.717, 1.165) is 22.7 Å². The minimum Gasteiger partial charge on any atom is -0.497 e. The van der Waals surface area contributed by atoms with Crippen LogP contribution in [0.5, 0.6) is 5.75 Å². The molecule has 0 bridgehead atoms. The molecule has 2 atom stereocenters. The first-order chi connectivity index (χ1) is 13.1.